The van der Waals surface area contributed by atoms with Crippen molar-refractivity contribution in [3.8, 4) is 11.5 Å². The minimum Gasteiger partial charge on any atom is -0.497 e. The molecule has 2 aromatic carbocycles. The second kappa shape index (κ2) is 11.6. The number of esters is 2. The van der Waals surface area contributed by atoms with E-state index in [4.69, 9.17) is 24.7 Å². The lowest BCUT2D eigenvalue weighted by atomic mass is 9.83. The van der Waals surface area contributed by atoms with Gasteiger partial charge in [0.25, 0.3) is 5.56 Å². The molecule has 0 saturated heterocycles. The molecule has 1 atom stereocenters. The van der Waals surface area contributed by atoms with Gasteiger partial charge >= 0.3 is 11.9 Å². The van der Waals surface area contributed by atoms with Crippen LogP contribution < -0.4 is 30.0 Å². The Morgan fingerprint density at radius 1 is 0.974 bits per heavy atom. The smallest absolute Gasteiger partial charge is 0.338 e. The molecule has 1 aliphatic heterocycles. The molecule has 3 aromatic rings. The zero-order valence-corrected chi connectivity index (χ0v) is 23.2. The summed E-state index contributed by atoms with van der Waals surface area (Å²) in [4.78, 5) is 40.6. The number of aromatic nitrogens is 1. The van der Waals surface area contributed by atoms with E-state index in [0.29, 0.717) is 21.6 Å². The minimum absolute atomic E-state index is 0.0129. The number of nitrogens with zero attached hydrogens (tertiary/aromatic N) is 1. The standard InChI is InChI=1S/C29H30N2O7S/c1-6-37-28(33)23-22(18-9-13-20(36-5)14-10-18)24(29(34)38-16(2)3)27-31(25(23)30)26(32)21(39-27)15-17-7-11-19(35-4)12-8-17/h7-16,22H,6,30H2,1-5H3. The van der Waals surface area contributed by atoms with Crippen molar-refractivity contribution in [1.29, 1.82) is 0 Å². The van der Waals surface area contributed by atoms with Crippen LogP contribution in [0.2, 0.25) is 0 Å². The van der Waals surface area contributed by atoms with Crippen LogP contribution >= 0.6 is 11.3 Å². The van der Waals surface area contributed by atoms with Crippen molar-refractivity contribution in [2.75, 3.05) is 20.8 Å². The Balaban J connectivity index is 2.07. The first-order chi connectivity index (χ1) is 18.7. The number of benzene rings is 2. The first kappa shape index (κ1) is 27.7. The SMILES string of the molecule is CCOC(=O)C1=C(N)n2c(sc(=Cc3ccc(OC)cc3)c2=O)=C(C(=O)OC(C)C)C1c1ccc(OC)cc1. The summed E-state index contributed by atoms with van der Waals surface area (Å²) in [6, 6.07) is 14.1. The van der Waals surface area contributed by atoms with E-state index in [1.54, 1.807) is 77.5 Å². The van der Waals surface area contributed by atoms with Crippen LogP contribution in [-0.4, -0.2) is 43.4 Å². The highest BCUT2D eigenvalue weighted by Gasteiger charge is 2.40. The Morgan fingerprint density at radius 3 is 2.10 bits per heavy atom. The van der Waals surface area contributed by atoms with E-state index >= 15 is 0 Å². The van der Waals surface area contributed by atoms with Gasteiger partial charge in [-0.2, -0.15) is 0 Å². The van der Waals surface area contributed by atoms with Gasteiger partial charge in [-0.3, -0.25) is 9.36 Å². The maximum atomic E-state index is 13.7. The number of thiazole rings is 1. The zero-order valence-electron chi connectivity index (χ0n) is 22.3. The molecule has 39 heavy (non-hydrogen) atoms. The number of hydrogen-bond donors (Lipinski definition) is 1. The lowest BCUT2D eigenvalue weighted by Crippen LogP contribution is -2.42. The molecular weight excluding hydrogens is 520 g/mol. The van der Waals surface area contributed by atoms with Crippen molar-refractivity contribution in [3.63, 3.8) is 0 Å². The Labute approximate surface area is 229 Å². The quantitative estimate of drug-likeness (QED) is 0.425. The van der Waals surface area contributed by atoms with Gasteiger partial charge in [0, 0.05) is 0 Å². The Morgan fingerprint density at radius 2 is 1.56 bits per heavy atom. The van der Waals surface area contributed by atoms with Crippen molar-refractivity contribution in [2.24, 2.45) is 5.73 Å². The minimum atomic E-state index is -0.937. The topological polar surface area (TPSA) is 119 Å². The molecule has 2 heterocycles. The molecule has 0 fully saturated rings. The van der Waals surface area contributed by atoms with Crippen LogP contribution in [0.3, 0.4) is 0 Å². The number of carbonyl (C=O) groups excluding carboxylic acids is 2. The van der Waals surface area contributed by atoms with E-state index < -0.39 is 29.5 Å². The van der Waals surface area contributed by atoms with Crippen LogP contribution in [0.5, 0.6) is 11.5 Å². The molecule has 204 valence electrons. The summed E-state index contributed by atoms with van der Waals surface area (Å²) in [6.07, 6.45) is 1.25. The highest BCUT2D eigenvalue weighted by Crippen LogP contribution is 2.38. The van der Waals surface area contributed by atoms with Gasteiger partial charge in [-0.25, -0.2) is 9.59 Å². The Bertz CT molecular complexity index is 1600. The molecule has 0 aliphatic carbocycles. The number of fused-ring (bicyclic) bond motifs is 1. The second-order valence-electron chi connectivity index (χ2n) is 8.92. The average molecular weight is 551 g/mol. The van der Waals surface area contributed by atoms with E-state index in [2.05, 4.69) is 0 Å². The first-order valence-corrected chi connectivity index (χ1v) is 13.2. The van der Waals surface area contributed by atoms with Crippen LogP contribution in [0.1, 0.15) is 37.8 Å². The Kier molecular flexibility index (Phi) is 8.25. The highest BCUT2D eigenvalue weighted by molar-refractivity contribution is 7.07. The molecular formula is C29H30N2O7S. The summed E-state index contributed by atoms with van der Waals surface area (Å²) >= 11 is 1.10. The van der Waals surface area contributed by atoms with E-state index in [1.165, 1.54) is 4.57 Å². The van der Waals surface area contributed by atoms with Gasteiger partial charge in [-0.05, 0) is 62.2 Å². The molecule has 0 bridgehead atoms. The zero-order chi connectivity index (χ0) is 28.3. The monoisotopic (exact) mass is 550 g/mol. The maximum Gasteiger partial charge on any atom is 0.338 e. The van der Waals surface area contributed by atoms with E-state index in [9.17, 15) is 14.4 Å². The van der Waals surface area contributed by atoms with Crippen molar-refractivity contribution in [3.05, 3.63) is 84.8 Å². The summed E-state index contributed by atoms with van der Waals surface area (Å²) in [5.41, 5.74) is 7.53. The number of rotatable bonds is 8. The van der Waals surface area contributed by atoms with Crippen LogP contribution in [0.25, 0.3) is 17.5 Å². The summed E-state index contributed by atoms with van der Waals surface area (Å²) in [5, 5.41) is 0. The largest absolute Gasteiger partial charge is 0.497 e. The summed E-state index contributed by atoms with van der Waals surface area (Å²) < 4.78 is 23.3. The first-order valence-electron chi connectivity index (χ1n) is 12.3. The lowest BCUT2D eigenvalue weighted by molar-refractivity contribution is -0.140. The number of hydrogen-bond acceptors (Lipinski definition) is 9. The molecule has 0 radical (unpaired) electrons. The van der Waals surface area contributed by atoms with Crippen LogP contribution in [0, 0.1) is 0 Å². The predicted molar refractivity (Wildman–Crippen MR) is 149 cm³/mol. The second-order valence-corrected chi connectivity index (χ2v) is 9.95. The average Bonchev–Trinajstić information content (AvgIpc) is 3.24. The van der Waals surface area contributed by atoms with Crippen molar-refractivity contribution in [2.45, 2.75) is 32.8 Å². The number of ether oxygens (including phenoxy) is 4. The van der Waals surface area contributed by atoms with Gasteiger partial charge in [-0.1, -0.05) is 24.3 Å². The van der Waals surface area contributed by atoms with Crippen LogP contribution in [0.15, 0.2) is 58.9 Å². The molecule has 1 unspecified atom stereocenters. The van der Waals surface area contributed by atoms with Crippen LogP contribution in [-0.2, 0) is 19.1 Å². The van der Waals surface area contributed by atoms with E-state index in [0.717, 1.165) is 16.9 Å². The van der Waals surface area contributed by atoms with Crippen LogP contribution in [0.4, 0.5) is 0 Å². The van der Waals surface area contributed by atoms with Gasteiger partial charge in [0.05, 0.1) is 48.5 Å². The van der Waals surface area contributed by atoms with Gasteiger partial charge in [-0.15, -0.1) is 11.3 Å². The highest BCUT2D eigenvalue weighted by atomic mass is 32.1. The van der Waals surface area contributed by atoms with E-state index in [1.807, 2.05) is 12.1 Å². The van der Waals surface area contributed by atoms with Gasteiger partial charge in [0.15, 0.2) is 0 Å². The third-order valence-electron chi connectivity index (χ3n) is 6.07. The summed E-state index contributed by atoms with van der Waals surface area (Å²) in [6.45, 7) is 5.20. The molecule has 0 spiro atoms. The van der Waals surface area contributed by atoms with Crippen molar-refractivity contribution < 1.29 is 28.5 Å². The fourth-order valence-corrected chi connectivity index (χ4v) is 5.48. The molecule has 2 N–H and O–H groups in total. The molecule has 10 heteroatoms. The third kappa shape index (κ3) is 5.46. The third-order valence-corrected chi connectivity index (χ3v) is 7.18. The fraction of sp³-hybridized carbons (Fsp3) is 0.276. The maximum absolute atomic E-state index is 13.7. The summed E-state index contributed by atoms with van der Waals surface area (Å²) in [7, 11) is 3.11. The number of methoxy groups -OCH3 is 2. The van der Waals surface area contributed by atoms with Gasteiger partial charge in [0.2, 0.25) is 0 Å². The molecule has 1 aliphatic rings. The Hall–Kier alpha value is -4.31. The molecule has 0 amide bonds. The number of nitrogens with two attached hydrogens (primary N) is 1. The van der Waals surface area contributed by atoms with Gasteiger partial charge in [0.1, 0.15) is 22.0 Å². The normalized spacial score (nSPS) is 15.3. The van der Waals surface area contributed by atoms with Crippen molar-refractivity contribution >= 4 is 40.7 Å². The lowest BCUT2D eigenvalue weighted by Gasteiger charge is -2.27. The fourth-order valence-electron chi connectivity index (χ4n) is 4.31. The summed E-state index contributed by atoms with van der Waals surface area (Å²) in [5.74, 6) is -1.15. The number of carbonyl (C=O) groups is 2. The van der Waals surface area contributed by atoms with Gasteiger partial charge < -0.3 is 24.7 Å². The predicted octanol–water partition coefficient (Wildman–Crippen LogP) is 2.35. The molecule has 4 rings (SSSR count). The molecule has 0 saturated carbocycles. The molecule has 9 nitrogen and oxygen atoms in total. The van der Waals surface area contributed by atoms with Crippen molar-refractivity contribution in [1.82, 2.24) is 4.57 Å². The molecule has 1 aromatic heterocycles. The van der Waals surface area contributed by atoms with E-state index in [-0.39, 0.29) is 28.2 Å².